The van der Waals surface area contributed by atoms with E-state index in [0.29, 0.717) is 17.7 Å². The van der Waals surface area contributed by atoms with Gasteiger partial charge in [0, 0.05) is 6.54 Å². The fourth-order valence-electron chi connectivity index (χ4n) is 1.86. The topological polar surface area (TPSA) is 62.1 Å². The van der Waals surface area contributed by atoms with Crippen LogP contribution >= 0.6 is 12.2 Å². The summed E-state index contributed by atoms with van der Waals surface area (Å²) < 4.78 is 5.51. The molecule has 3 aromatic rings. The third-order valence-corrected chi connectivity index (χ3v) is 3.12. The van der Waals surface area contributed by atoms with Crippen LogP contribution in [0.1, 0.15) is 5.56 Å². The van der Waals surface area contributed by atoms with Gasteiger partial charge in [0.1, 0.15) is 5.52 Å². The highest BCUT2D eigenvalue weighted by Crippen LogP contribution is 2.17. The number of thiocarbonyl (C=S) groups is 1. The van der Waals surface area contributed by atoms with E-state index in [2.05, 4.69) is 21.2 Å². The quantitative estimate of drug-likeness (QED) is 0.508. The monoisotopic (exact) mass is 298 g/mol. The summed E-state index contributed by atoms with van der Waals surface area (Å²) in [6.45, 7) is 0.655. The third-order valence-electron chi connectivity index (χ3n) is 2.87. The number of benzene rings is 2. The van der Waals surface area contributed by atoms with Crippen molar-refractivity contribution >= 4 is 34.4 Å². The van der Waals surface area contributed by atoms with Gasteiger partial charge in [-0.1, -0.05) is 42.5 Å². The van der Waals surface area contributed by atoms with E-state index in [-0.39, 0.29) is 0 Å². The van der Waals surface area contributed by atoms with Crippen LogP contribution in [-0.4, -0.2) is 10.1 Å². The number of anilines is 1. The average molecular weight is 298 g/mol. The van der Waals surface area contributed by atoms with Crippen molar-refractivity contribution in [2.45, 2.75) is 6.54 Å². The number of aromatic nitrogens is 1. The molecule has 0 aliphatic heterocycles. The Labute approximate surface area is 127 Å². The summed E-state index contributed by atoms with van der Waals surface area (Å²) in [5.41, 5.74) is 8.36. The van der Waals surface area contributed by atoms with Crippen LogP contribution in [0.25, 0.3) is 11.1 Å². The van der Waals surface area contributed by atoms with Gasteiger partial charge in [0.15, 0.2) is 10.7 Å². The minimum absolute atomic E-state index is 0.375. The summed E-state index contributed by atoms with van der Waals surface area (Å²) in [5, 5.41) is 3.56. The second-order valence-corrected chi connectivity index (χ2v) is 4.81. The maximum absolute atomic E-state index is 5.51. The summed E-state index contributed by atoms with van der Waals surface area (Å²) >= 11 is 5.18. The van der Waals surface area contributed by atoms with Gasteiger partial charge in [-0.25, -0.2) is 0 Å². The van der Waals surface area contributed by atoms with E-state index in [1.165, 1.54) is 0 Å². The molecule has 0 saturated heterocycles. The van der Waals surface area contributed by atoms with E-state index >= 15 is 0 Å². The number of fused-ring (bicyclic) bond motifs is 1. The Bertz CT molecular complexity index is 709. The highest BCUT2D eigenvalue weighted by atomic mass is 32.1. The second kappa shape index (κ2) is 6.23. The van der Waals surface area contributed by atoms with Crippen LogP contribution in [0.5, 0.6) is 0 Å². The van der Waals surface area contributed by atoms with E-state index in [4.69, 9.17) is 16.6 Å². The lowest BCUT2D eigenvalue weighted by Crippen LogP contribution is -2.38. The van der Waals surface area contributed by atoms with Crippen LogP contribution in [0.15, 0.2) is 59.0 Å². The number of nitrogens with one attached hydrogen (secondary N) is 3. The molecule has 0 saturated carbocycles. The number of hydrazine groups is 1. The molecule has 6 heteroatoms. The predicted molar refractivity (Wildman–Crippen MR) is 86.6 cm³/mol. The Balaban J connectivity index is 1.51. The maximum Gasteiger partial charge on any atom is 0.315 e. The lowest BCUT2D eigenvalue weighted by Gasteiger charge is -2.09. The molecule has 106 valence electrons. The Hall–Kier alpha value is -2.60. The lowest BCUT2D eigenvalue weighted by molar-refractivity contribution is 0.611. The molecule has 21 heavy (non-hydrogen) atoms. The van der Waals surface area contributed by atoms with Crippen molar-refractivity contribution < 1.29 is 4.42 Å². The number of rotatable bonds is 4. The summed E-state index contributed by atoms with van der Waals surface area (Å²) in [6.07, 6.45) is 0. The minimum atomic E-state index is 0.375. The van der Waals surface area contributed by atoms with Gasteiger partial charge in [-0.15, -0.1) is 0 Å². The van der Waals surface area contributed by atoms with Gasteiger partial charge >= 0.3 is 6.01 Å². The Morgan fingerprint density at radius 2 is 1.81 bits per heavy atom. The SMILES string of the molecule is S=C(NCc1ccccc1)NNc1nc2ccccc2o1. The summed E-state index contributed by atoms with van der Waals surface area (Å²) in [7, 11) is 0. The van der Waals surface area contributed by atoms with Gasteiger partial charge in [0.25, 0.3) is 0 Å². The summed E-state index contributed by atoms with van der Waals surface area (Å²) in [4.78, 5) is 4.28. The zero-order valence-corrected chi connectivity index (χ0v) is 12.0. The highest BCUT2D eigenvalue weighted by molar-refractivity contribution is 7.80. The van der Waals surface area contributed by atoms with Gasteiger partial charge in [-0.05, 0) is 29.9 Å². The second-order valence-electron chi connectivity index (χ2n) is 4.41. The molecule has 2 aromatic carbocycles. The number of hydrogen-bond donors (Lipinski definition) is 3. The first-order chi connectivity index (χ1) is 10.3. The zero-order valence-electron chi connectivity index (χ0n) is 11.2. The van der Waals surface area contributed by atoms with Crippen molar-refractivity contribution in [3.8, 4) is 0 Å². The molecule has 0 spiro atoms. The zero-order chi connectivity index (χ0) is 14.5. The number of oxazole rings is 1. The molecule has 1 heterocycles. The molecule has 0 bridgehead atoms. The largest absolute Gasteiger partial charge is 0.422 e. The highest BCUT2D eigenvalue weighted by Gasteiger charge is 2.04. The molecule has 3 N–H and O–H groups in total. The first-order valence-electron chi connectivity index (χ1n) is 6.50. The molecule has 0 atom stereocenters. The number of para-hydroxylation sites is 2. The first kappa shape index (κ1) is 13.4. The molecule has 0 aliphatic carbocycles. The van der Waals surface area contributed by atoms with Crippen LogP contribution < -0.4 is 16.2 Å². The molecule has 1 aromatic heterocycles. The van der Waals surface area contributed by atoms with Gasteiger partial charge in [0.05, 0.1) is 0 Å². The van der Waals surface area contributed by atoms with Crippen LogP contribution in [0, 0.1) is 0 Å². The van der Waals surface area contributed by atoms with Crippen LogP contribution in [0.2, 0.25) is 0 Å². The molecular formula is C15H14N4OS. The fourth-order valence-corrected chi connectivity index (χ4v) is 1.98. The van der Waals surface area contributed by atoms with Crippen molar-refractivity contribution in [2.24, 2.45) is 0 Å². The Morgan fingerprint density at radius 3 is 2.62 bits per heavy atom. The molecule has 0 aliphatic rings. The average Bonchev–Trinajstić information content (AvgIpc) is 2.95. The van der Waals surface area contributed by atoms with Gasteiger partial charge in [-0.3, -0.25) is 10.9 Å². The number of hydrogen-bond acceptors (Lipinski definition) is 4. The Morgan fingerprint density at radius 1 is 1.05 bits per heavy atom. The van der Waals surface area contributed by atoms with Crippen molar-refractivity contribution in [2.75, 3.05) is 5.43 Å². The first-order valence-corrected chi connectivity index (χ1v) is 6.91. The minimum Gasteiger partial charge on any atom is -0.422 e. The van der Waals surface area contributed by atoms with Crippen molar-refractivity contribution in [3.63, 3.8) is 0 Å². The van der Waals surface area contributed by atoms with Crippen molar-refractivity contribution in [1.29, 1.82) is 0 Å². The molecule has 5 nitrogen and oxygen atoms in total. The van der Waals surface area contributed by atoms with E-state index in [0.717, 1.165) is 16.7 Å². The molecular weight excluding hydrogens is 284 g/mol. The molecule has 0 amide bonds. The lowest BCUT2D eigenvalue weighted by atomic mass is 10.2. The molecule has 0 unspecified atom stereocenters. The van der Waals surface area contributed by atoms with Gasteiger partial charge < -0.3 is 9.73 Å². The standard InChI is InChI=1S/C15H14N4OS/c21-15(16-10-11-6-2-1-3-7-11)19-18-14-17-12-8-4-5-9-13(12)20-14/h1-9H,10H2,(H,17,18)(H2,16,19,21). The van der Waals surface area contributed by atoms with Gasteiger partial charge in [-0.2, -0.15) is 4.98 Å². The smallest absolute Gasteiger partial charge is 0.315 e. The predicted octanol–water partition coefficient (Wildman–Crippen LogP) is 2.82. The van der Waals surface area contributed by atoms with Crippen molar-refractivity contribution in [3.05, 3.63) is 60.2 Å². The van der Waals surface area contributed by atoms with Crippen LogP contribution in [-0.2, 0) is 6.54 Å². The van der Waals surface area contributed by atoms with Gasteiger partial charge in [0.2, 0.25) is 0 Å². The van der Waals surface area contributed by atoms with E-state index in [1.807, 2.05) is 54.6 Å². The molecule has 0 fully saturated rings. The normalized spacial score (nSPS) is 10.3. The third kappa shape index (κ3) is 3.49. The fraction of sp³-hybridized carbons (Fsp3) is 0.0667. The Kier molecular flexibility index (Phi) is 3.97. The van der Waals surface area contributed by atoms with Crippen LogP contribution in [0.3, 0.4) is 0 Å². The summed E-state index contributed by atoms with van der Waals surface area (Å²) in [6, 6.07) is 18.0. The van der Waals surface area contributed by atoms with E-state index in [1.54, 1.807) is 0 Å². The maximum atomic E-state index is 5.51. The van der Waals surface area contributed by atoms with E-state index < -0.39 is 0 Å². The molecule has 0 radical (unpaired) electrons. The van der Waals surface area contributed by atoms with Crippen LogP contribution in [0.4, 0.5) is 6.01 Å². The number of nitrogens with zero attached hydrogens (tertiary/aromatic N) is 1. The van der Waals surface area contributed by atoms with E-state index in [9.17, 15) is 0 Å². The summed E-state index contributed by atoms with van der Waals surface area (Å²) in [5.74, 6) is 0. The van der Waals surface area contributed by atoms with Crippen molar-refractivity contribution in [1.82, 2.24) is 15.7 Å². The molecule has 3 rings (SSSR count).